The highest BCUT2D eigenvalue weighted by molar-refractivity contribution is 6.32. The summed E-state index contributed by atoms with van der Waals surface area (Å²) in [6, 6.07) is 3.72. The first kappa shape index (κ1) is 5.53. The summed E-state index contributed by atoms with van der Waals surface area (Å²) in [6.45, 7) is 0. The van der Waals surface area contributed by atoms with Gasteiger partial charge in [0.1, 0.15) is 7.85 Å². The van der Waals surface area contributed by atoms with E-state index in [0.717, 1.165) is 11.0 Å². The Morgan fingerprint density at radius 2 is 2.40 bits per heavy atom. The van der Waals surface area contributed by atoms with Crippen molar-refractivity contribution in [1.82, 2.24) is 9.38 Å². The van der Waals surface area contributed by atoms with Crippen molar-refractivity contribution < 1.29 is 0 Å². The van der Waals surface area contributed by atoms with E-state index in [9.17, 15) is 0 Å². The van der Waals surface area contributed by atoms with Crippen LogP contribution in [0.25, 0.3) is 5.52 Å². The van der Waals surface area contributed by atoms with E-state index in [4.69, 9.17) is 7.85 Å². The average Bonchev–Trinajstić information content (AvgIpc) is 2.33. The molecule has 0 aliphatic heterocycles. The van der Waals surface area contributed by atoms with Gasteiger partial charge in [0, 0.05) is 6.20 Å². The number of imidazole rings is 1. The summed E-state index contributed by atoms with van der Waals surface area (Å²) >= 11 is 0. The van der Waals surface area contributed by atoms with E-state index in [2.05, 4.69) is 4.98 Å². The molecule has 0 bridgehead atoms. The molecule has 2 aromatic rings. The van der Waals surface area contributed by atoms with E-state index in [0.29, 0.717) is 0 Å². The summed E-state index contributed by atoms with van der Waals surface area (Å²) in [6.07, 6.45) is 5.41. The van der Waals surface area contributed by atoms with Crippen molar-refractivity contribution in [3.05, 3.63) is 30.9 Å². The Balaban J connectivity index is 2.86. The molecule has 2 aromatic heterocycles. The highest BCUT2D eigenvalue weighted by atomic mass is 15.0. The van der Waals surface area contributed by atoms with Crippen LogP contribution < -0.4 is 5.46 Å². The Kier molecular flexibility index (Phi) is 1.03. The summed E-state index contributed by atoms with van der Waals surface area (Å²) in [5, 5.41) is 0. The van der Waals surface area contributed by atoms with Crippen LogP contribution in [0.5, 0.6) is 0 Å². The van der Waals surface area contributed by atoms with Crippen LogP contribution in [0.1, 0.15) is 0 Å². The molecule has 2 nitrogen and oxygen atoms in total. The van der Waals surface area contributed by atoms with Crippen molar-refractivity contribution in [2.24, 2.45) is 0 Å². The normalized spacial score (nSPS) is 10.4. The standard InChI is InChI=1S/C7H5BN2/c8-6-1-2-10-5-9-4-7(10)3-6/h1-5H. The van der Waals surface area contributed by atoms with Crippen molar-refractivity contribution >= 4 is 18.8 Å². The largest absolute Gasteiger partial charge is 0.306 e. The quantitative estimate of drug-likeness (QED) is 0.461. The molecule has 10 heavy (non-hydrogen) atoms. The molecule has 0 amide bonds. The lowest BCUT2D eigenvalue weighted by atomic mass is 9.98. The molecule has 0 aromatic carbocycles. The van der Waals surface area contributed by atoms with Crippen molar-refractivity contribution in [2.75, 3.05) is 0 Å². The van der Waals surface area contributed by atoms with Gasteiger partial charge in [0.25, 0.3) is 0 Å². The molecule has 0 atom stereocenters. The first-order valence-corrected chi connectivity index (χ1v) is 3.03. The molecule has 0 aliphatic carbocycles. The minimum atomic E-state index is 0.771. The molecule has 2 heterocycles. The second kappa shape index (κ2) is 1.87. The summed E-state index contributed by atoms with van der Waals surface area (Å²) in [7, 11) is 5.54. The van der Waals surface area contributed by atoms with Gasteiger partial charge in [-0.2, -0.15) is 0 Å². The van der Waals surface area contributed by atoms with E-state index >= 15 is 0 Å². The number of hydrogen-bond donors (Lipinski definition) is 0. The fourth-order valence-electron chi connectivity index (χ4n) is 0.936. The molecule has 0 N–H and O–H groups in total. The van der Waals surface area contributed by atoms with Gasteiger partial charge in [-0.15, -0.1) is 0 Å². The highest BCUT2D eigenvalue weighted by Gasteiger charge is 1.89. The monoisotopic (exact) mass is 128 g/mol. The van der Waals surface area contributed by atoms with Crippen LogP contribution in [-0.2, 0) is 0 Å². The molecule has 0 spiro atoms. The van der Waals surface area contributed by atoms with Gasteiger partial charge in [-0.1, -0.05) is 11.5 Å². The third-order valence-corrected chi connectivity index (χ3v) is 1.44. The van der Waals surface area contributed by atoms with Crippen molar-refractivity contribution in [2.45, 2.75) is 0 Å². The summed E-state index contributed by atoms with van der Waals surface area (Å²) in [5.41, 5.74) is 1.80. The molecule has 3 heteroatoms. The van der Waals surface area contributed by atoms with E-state index in [1.807, 2.05) is 22.7 Å². The van der Waals surface area contributed by atoms with Gasteiger partial charge in [0.2, 0.25) is 0 Å². The Morgan fingerprint density at radius 3 is 3.30 bits per heavy atom. The second-order valence-electron chi connectivity index (χ2n) is 2.19. The van der Waals surface area contributed by atoms with Crippen molar-refractivity contribution in [1.29, 1.82) is 0 Å². The summed E-state index contributed by atoms with van der Waals surface area (Å²) in [5.74, 6) is 0. The number of pyridine rings is 1. The predicted octanol–water partition coefficient (Wildman–Crippen LogP) is 0.128. The summed E-state index contributed by atoms with van der Waals surface area (Å²) in [4.78, 5) is 3.95. The Labute approximate surface area is 59.9 Å². The SMILES string of the molecule is [B]c1ccn2cncc2c1. The molecule has 2 radical (unpaired) electrons. The van der Waals surface area contributed by atoms with Crippen LogP contribution in [0.3, 0.4) is 0 Å². The van der Waals surface area contributed by atoms with Gasteiger partial charge >= 0.3 is 0 Å². The number of hydrogen-bond acceptors (Lipinski definition) is 1. The fraction of sp³-hybridized carbons (Fsp3) is 0. The van der Waals surface area contributed by atoms with Gasteiger partial charge in [0.15, 0.2) is 0 Å². The summed E-state index contributed by atoms with van der Waals surface area (Å²) < 4.78 is 1.91. The average molecular weight is 128 g/mol. The topological polar surface area (TPSA) is 17.3 Å². The number of nitrogens with zero attached hydrogens (tertiary/aromatic N) is 2. The Bertz CT molecular complexity index is 353. The molecule has 2 rings (SSSR count). The zero-order chi connectivity index (χ0) is 6.97. The lowest BCUT2D eigenvalue weighted by Gasteiger charge is -1.93. The molecular formula is C7H5BN2. The lowest BCUT2D eigenvalue weighted by molar-refractivity contribution is 1.16. The number of fused-ring (bicyclic) bond motifs is 1. The molecule has 0 aliphatic rings. The zero-order valence-electron chi connectivity index (χ0n) is 5.36. The maximum atomic E-state index is 5.54. The maximum Gasteiger partial charge on any atom is 0.113 e. The minimum Gasteiger partial charge on any atom is -0.306 e. The van der Waals surface area contributed by atoms with Gasteiger partial charge in [-0.3, -0.25) is 0 Å². The minimum absolute atomic E-state index is 0.771. The van der Waals surface area contributed by atoms with Crippen molar-refractivity contribution in [3.63, 3.8) is 0 Å². The highest BCUT2D eigenvalue weighted by Crippen LogP contribution is 1.96. The van der Waals surface area contributed by atoms with E-state index in [1.54, 1.807) is 12.5 Å². The Morgan fingerprint density at radius 1 is 1.50 bits per heavy atom. The number of rotatable bonds is 0. The first-order valence-electron chi connectivity index (χ1n) is 3.03. The van der Waals surface area contributed by atoms with Crippen molar-refractivity contribution in [3.8, 4) is 0 Å². The Hall–Kier alpha value is -1.25. The molecule has 0 unspecified atom stereocenters. The molecule has 0 saturated carbocycles. The maximum absolute atomic E-state index is 5.54. The van der Waals surface area contributed by atoms with Gasteiger partial charge in [-0.05, 0) is 6.07 Å². The smallest absolute Gasteiger partial charge is 0.113 e. The predicted molar refractivity (Wildman–Crippen MR) is 40.6 cm³/mol. The third kappa shape index (κ3) is 0.710. The third-order valence-electron chi connectivity index (χ3n) is 1.44. The van der Waals surface area contributed by atoms with Gasteiger partial charge in [0.05, 0.1) is 18.0 Å². The van der Waals surface area contributed by atoms with E-state index in [1.165, 1.54) is 0 Å². The van der Waals surface area contributed by atoms with Gasteiger partial charge in [-0.25, -0.2) is 4.98 Å². The van der Waals surface area contributed by atoms with E-state index in [-0.39, 0.29) is 0 Å². The fourth-order valence-corrected chi connectivity index (χ4v) is 0.936. The lowest BCUT2D eigenvalue weighted by Crippen LogP contribution is -2.01. The molecule has 0 fully saturated rings. The zero-order valence-corrected chi connectivity index (χ0v) is 5.36. The van der Waals surface area contributed by atoms with Gasteiger partial charge < -0.3 is 4.40 Å². The van der Waals surface area contributed by atoms with Crippen LogP contribution >= 0.6 is 0 Å². The van der Waals surface area contributed by atoms with Crippen LogP contribution in [0.15, 0.2) is 30.9 Å². The second-order valence-corrected chi connectivity index (χ2v) is 2.19. The van der Waals surface area contributed by atoms with E-state index < -0.39 is 0 Å². The van der Waals surface area contributed by atoms with Crippen LogP contribution in [0.2, 0.25) is 0 Å². The molecule has 46 valence electrons. The number of aromatic nitrogens is 2. The van der Waals surface area contributed by atoms with Crippen LogP contribution in [0, 0.1) is 0 Å². The first-order chi connectivity index (χ1) is 4.86. The molecule has 0 saturated heterocycles. The van der Waals surface area contributed by atoms with Crippen LogP contribution in [0.4, 0.5) is 0 Å². The van der Waals surface area contributed by atoms with Crippen LogP contribution in [-0.4, -0.2) is 17.2 Å². The molecular weight excluding hydrogens is 123 g/mol.